The Hall–Kier alpha value is -0.370. The molecule has 2 heteroatoms. The number of allylic oxidation sites excluding steroid dienone is 1. The van der Waals surface area contributed by atoms with E-state index < -0.39 is 12.3 Å². The van der Waals surface area contributed by atoms with Crippen LogP contribution in [0.2, 0.25) is 0 Å². The Bertz CT molecular complexity index is 134. The number of hydrogen-bond acceptors (Lipinski definition) is 1. The predicted molar refractivity (Wildman–Crippen MR) is 49.9 cm³/mol. The molecule has 0 bridgehead atoms. The molecule has 0 aliphatic carbocycles. The molecular weight excluding hydrogens is 155 g/mol. The molecule has 72 valence electrons. The van der Waals surface area contributed by atoms with Crippen LogP contribution in [-0.4, -0.2) is 17.4 Å². The lowest BCUT2D eigenvalue weighted by atomic mass is 10.0. The number of rotatable bonds is 6. The summed E-state index contributed by atoms with van der Waals surface area (Å²) in [6.45, 7) is 7.41. The Kier molecular flexibility index (Phi) is 5.99. The van der Waals surface area contributed by atoms with Crippen LogP contribution in [0.1, 0.15) is 39.5 Å². The second-order valence-electron chi connectivity index (χ2n) is 3.44. The lowest BCUT2D eigenvalue weighted by Crippen LogP contribution is -2.14. The van der Waals surface area contributed by atoms with Gasteiger partial charge in [0.05, 0.1) is 6.10 Å². The summed E-state index contributed by atoms with van der Waals surface area (Å²) in [6, 6.07) is 0. The molecule has 0 spiro atoms. The molecule has 2 unspecified atom stereocenters. The van der Waals surface area contributed by atoms with E-state index >= 15 is 0 Å². The van der Waals surface area contributed by atoms with Crippen molar-refractivity contribution in [2.75, 3.05) is 0 Å². The summed E-state index contributed by atoms with van der Waals surface area (Å²) in [7, 11) is 0. The van der Waals surface area contributed by atoms with Gasteiger partial charge < -0.3 is 5.11 Å². The Labute approximate surface area is 74.3 Å². The summed E-state index contributed by atoms with van der Waals surface area (Å²) in [6.07, 6.45) is 0.812. The molecule has 0 fully saturated rings. The van der Waals surface area contributed by atoms with Gasteiger partial charge in [0.15, 0.2) is 0 Å². The molecule has 0 aromatic rings. The molecule has 0 saturated heterocycles. The molecule has 0 amide bonds. The minimum atomic E-state index is -0.927. The Morgan fingerprint density at radius 1 is 1.58 bits per heavy atom. The molecule has 0 saturated carbocycles. The Morgan fingerprint density at radius 3 is 2.58 bits per heavy atom. The maximum absolute atomic E-state index is 13.0. The Morgan fingerprint density at radius 2 is 2.17 bits per heavy atom. The zero-order chi connectivity index (χ0) is 9.56. The first-order chi connectivity index (χ1) is 5.56. The molecular formula is C10H19FO. The summed E-state index contributed by atoms with van der Waals surface area (Å²) in [5, 5.41) is 9.26. The van der Waals surface area contributed by atoms with Crippen LogP contribution < -0.4 is 0 Å². The van der Waals surface area contributed by atoms with Crippen LogP contribution in [0, 0.1) is 0 Å². The zero-order valence-corrected chi connectivity index (χ0v) is 8.02. The van der Waals surface area contributed by atoms with Gasteiger partial charge in [0.2, 0.25) is 0 Å². The van der Waals surface area contributed by atoms with Gasteiger partial charge in [0, 0.05) is 6.42 Å². The van der Waals surface area contributed by atoms with Crippen molar-refractivity contribution >= 4 is 0 Å². The minimum Gasteiger partial charge on any atom is -0.393 e. The SMILES string of the molecule is C=C(C)CC(F)CC(O)CCC. The zero-order valence-electron chi connectivity index (χ0n) is 8.02. The molecule has 12 heavy (non-hydrogen) atoms. The molecule has 0 aromatic heterocycles. The number of alkyl halides is 1. The van der Waals surface area contributed by atoms with Gasteiger partial charge in [-0.2, -0.15) is 0 Å². The molecule has 0 aliphatic heterocycles. The third kappa shape index (κ3) is 6.35. The largest absolute Gasteiger partial charge is 0.393 e. The van der Waals surface area contributed by atoms with Crippen LogP contribution in [-0.2, 0) is 0 Å². The predicted octanol–water partition coefficient (Wildman–Crippen LogP) is 2.84. The van der Waals surface area contributed by atoms with E-state index in [2.05, 4.69) is 6.58 Å². The fourth-order valence-corrected chi connectivity index (χ4v) is 1.21. The molecule has 0 aliphatic rings. The minimum absolute atomic E-state index is 0.251. The lowest BCUT2D eigenvalue weighted by Gasteiger charge is -2.12. The highest BCUT2D eigenvalue weighted by Gasteiger charge is 2.12. The van der Waals surface area contributed by atoms with E-state index in [1.807, 2.05) is 6.92 Å². The second kappa shape index (κ2) is 6.18. The van der Waals surface area contributed by atoms with E-state index in [9.17, 15) is 9.50 Å². The van der Waals surface area contributed by atoms with Crippen molar-refractivity contribution in [1.82, 2.24) is 0 Å². The van der Waals surface area contributed by atoms with Crippen LogP contribution in [0.15, 0.2) is 12.2 Å². The first kappa shape index (κ1) is 11.6. The first-order valence-electron chi connectivity index (χ1n) is 4.52. The van der Waals surface area contributed by atoms with Crippen molar-refractivity contribution < 1.29 is 9.50 Å². The van der Waals surface area contributed by atoms with Crippen molar-refractivity contribution in [3.63, 3.8) is 0 Å². The van der Waals surface area contributed by atoms with E-state index in [1.54, 1.807) is 6.92 Å². The summed E-state index contributed by atoms with van der Waals surface area (Å²) >= 11 is 0. The van der Waals surface area contributed by atoms with Gasteiger partial charge in [0.25, 0.3) is 0 Å². The molecule has 0 aromatic carbocycles. The molecule has 2 atom stereocenters. The topological polar surface area (TPSA) is 20.2 Å². The maximum atomic E-state index is 13.0. The summed E-state index contributed by atoms with van der Waals surface area (Å²) in [5.41, 5.74) is 0.839. The monoisotopic (exact) mass is 174 g/mol. The Balaban J connectivity index is 3.53. The molecule has 0 heterocycles. The number of aliphatic hydroxyl groups is 1. The van der Waals surface area contributed by atoms with Gasteiger partial charge >= 0.3 is 0 Å². The lowest BCUT2D eigenvalue weighted by molar-refractivity contribution is 0.117. The highest BCUT2D eigenvalue weighted by Crippen LogP contribution is 2.14. The van der Waals surface area contributed by atoms with E-state index in [0.29, 0.717) is 12.8 Å². The van der Waals surface area contributed by atoms with Crippen LogP contribution in [0.5, 0.6) is 0 Å². The normalized spacial score (nSPS) is 15.7. The maximum Gasteiger partial charge on any atom is 0.106 e. The van der Waals surface area contributed by atoms with Crippen LogP contribution >= 0.6 is 0 Å². The average molecular weight is 174 g/mol. The number of aliphatic hydroxyl groups excluding tert-OH is 1. The third-order valence-corrected chi connectivity index (χ3v) is 1.72. The van der Waals surface area contributed by atoms with Gasteiger partial charge in [-0.1, -0.05) is 18.9 Å². The van der Waals surface area contributed by atoms with E-state index in [-0.39, 0.29) is 6.42 Å². The fourth-order valence-electron chi connectivity index (χ4n) is 1.21. The number of hydrogen-bond donors (Lipinski definition) is 1. The number of halogens is 1. The molecule has 1 nitrogen and oxygen atoms in total. The highest BCUT2D eigenvalue weighted by molar-refractivity contribution is 4.91. The van der Waals surface area contributed by atoms with Crippen molar-refractivity contribution in [3.8, 4) is 0 Å². The molecule has 0 radical (unpaired) electrons. The van der Waals surface area contributed by atoms with Gasteiger partial charge in [0.1, 0.15) is 6.17 Å². The van der Waals surface area contributed by atoms with Crippen molar-refractivity contribution in [2.24, 2.45) is 0 Å². The summed E-state index contributed by atoms with van der Waals surface area (Å²) in [4.78, 5) is 0. The fraction of sp³-hybridized carbons (Fsp3) is 0.800. The summed E-state index contributed by atoms with van der Waals surface area (Å²) in [5.74, 6) is 0. The first-order valence-corrected chi connectivity index (χ1v) is 4.52. The van der Waals surface area contributed by atoms with E-state index in [1.165, 1.54) is 0 Å². The quantitative estimate of drug-likeness (QED) is 0.614. The van der Waals surface area contributed by atoms with Crippen LogP contribution in [0.4, 0.5) is 4.39 Å². The highest BCUT2D eigenvalue weighted by atomic mass is 19.1. The molecule has 1 N–H and O–H groups in total. The average Bonchev–Trinajstić information content (AvgIpc) is 1.84. The van der Waals surface area contributed by atoms with Crippen LogP contribution in [0.3, 0.4) is 0 Å². The smallest absolute Gasteiger partial charge is 0.106 e. The summed E-state index contributed by atoms with van der Waals surface area (Å²) < 4.78 is 13.0. The third-order valence-electron chi connectivity index (χ3n) is 1.72. The van der Waals surface area contributed by atoms with Gasteiger partial charge in [-0.15, -0.1) is 6.58 Å². The van der Waals surface area contributed by atoms with Crippen molar-refractivity contribution in [1.29, 1.82) is 0 Å². The van der Waals surface area contributed by atoms with Gasteiger partial charge in [-0.05, 0) is 19.8 Å². The second-order valence-corrected chi connectivity index (χ2v) is 3.44. The van der Waals surface area contributed by atoms with Gasteiger partial charge in [-0.3, -0.25) is 0 Å². The van der Waals surface area contributed by atoms with E-state index in [4.69, 9.17) is 0 Å². The standard InChI is InChI=1S/C10H19FO/c1-4-5-10(12)7-9(11)6-8(2)3/h9-10,12H,2,4-7H2,1,3H3. The van der Waals surface area contributed by atoms with Crippen molar-refractivity contribution in [3.05, 3.63) is 12.2 Å². The van der Waals surface area contributed by atoms with Crippen LogP contribution in [0.25, 0.3) is 0 Å². The van der Waals surface area contributed by atoms with Crippen molar-refractivity contribution in [2.45, 2.75) is 51.8 Å². The molecule has 0 rings (SSSR count). The van der Waals surface area contributed by atoms with E-state index in [0.717, 1.165) is 12.0 Å². The van der Waals surface area contributed by atoms with Gasteiger partial charge in [-0.25, -0.2) is 4.39 Å².